The van der Waals surface area contributed by atoms with Crippen molar-refractivity contribution in [1.29, 1.82) is 0 Å². The molecule has 0 bridgehead atoms. The van der Waals surface area contributed by atoms with Crippen LogP contribution in [0.25, 0.3) is 11.1 Å². The van der Waals surface area contributed by atoms with E-state index in [1.165, 1.54) is 0 Å². The van der Waals surface area contributed by atoms with Gasteiger partial charge in [0, 0.05) is 18.9 Å². The fraction of sp³-hybridized carbons (Fsp3) is 0.444. The summed E-state index contributed by atoms with van der Waals surface area (Å²) >= 11 is 0. The van der Waals surface area contributed by atoms with Gasteiger partial charge in [-0.1, -0.05) is 81.6 Å². The van der Waals surface area contributed by atoms with Crippen LogP contribution in [0.4, 0.5) is 4.79 Å². The van der Waals surface area contributed by atoms with Crippen molar-refractivity contribution in [1.82, 2.24) is 10.6 Å². The molecule has 0 saturated carbocycles. The molecule has 1 aliphatic carbocycles. The third-order valence-electron chi connectivity index (χ3n) is 6.40. The topological polar surface area (TPSA) is 105 Å². The third-order valence-corrected chi connectivity index (χ3v) is 6.40. The second-order valence-corrected chi connectivity index (χ2v) is 8.78. The Morgan fingerprint density at radius 3 is 2.18 bits per heavy atom. The molecule has 2 aromatic carbocycles. The minimum atomic E-state index is -0.889. The summed E-state index contributed by atoms with van der Waals surface area (Å²) in [5.74, 6) is -1.41. The Morgan fingerprint density at radius 1 is 1.00 bits per heavy atom. The molecule has 1 aliphatic rings. The van der Waals surface area contributed by atoms with E-state index < -0.39 is 18.1 Å². The standard InChI is InChI=1S/C27H34N2O5/c1-3-5-14-24(26(32)28-16-18(4-2)15-25(30)31)29-27(33)34-17-23-21-12-8-6-10-19(21)20-11-7-9-13-22(20)23/h6-13,18,23-24H,3-5,14-17H2,1-2H3,(H,28,32)(H,29,33)(H,30,31)/t18?,24-/m0/s1. The molecule has 0 spiro atoms. The molecule has 0 radical (unpaired) electrons. The van der Waals surface area contributed by atoms with Crippen molar-refractivity contribution in [2.45, 2.75) is 57.9 Å². The Balaban J connectivity index is 1.60. The zero-order chi connectivity index (χ0) is 24.5. The van der Waals surface area contributed by atoms with E-state index in [9.17, 15) is 14.4 Å². The summed E-state index contributed by atoms with van der Waals surface area (Å²) in [7, 11) is 0. The summed E-state index contributed by atoms with van der Waals surface area (Å²) in [5, 5.41) is 14.5. The van der Waals surface area contributed by atoms with Gasteiger partial charge in [-0.3, -0.25) is 9.59 Å². The van der Waals surface area contributed by atoms with Gasteiger partial charge in [-0.2, -0.15) is 0 Å². The number of carboxylic acids is 1. The number of alkyl carbamates (subject to hydrolysis) is 1. The monoisotopic (exact) mass is 466 g/mol. The predicted octanol–water partition coefficient (Wildman–Crippen LogP) is 4.70. The maximum Gasteiger partial charge on any atom is 0.407 e. The van der Waals surface area contributed by atoms with Gasteiger partial charge in [0.2, 0.25) is 5.91 Å². The largest absolute Gasteiger partial charge is 0.481 e. The van der Waals surface area contributed by atoms with Crippen molar-refractivity contribution in [3.05, 3.63) is 59.7 Å². The summed E-state index contributed by atoms with van der Waals surface area (Å²) in [6, 6.07) is 15.5. The zero-order valence-electron chi connectivity index (χ0n) is 19.9. The maximum atomic E-state index is 12.7. The van der Waals surface area contributed by atoms with E-state index in [0.29, 0.717) is 12.8 Å². The Kier molecular flexibility index (Phi) is 9.08. The number of carboxylic acid groups (broad SMARTS) is 1. The first-order valence-corrected chi connectivity index (χ1v) is 12.1. The Hall–Kier alpha value is -3.35. The lowest BCUT2D eigenvalue weighted by atomic mass is 9.98. The lowest BCUT2D eigenvalue weighted by Crippen LogP contribution is -2.48. The van der Waals surface area contributed by atoms with Crippen molar-refractivity contribution in [3.8, 4) is 11.1 Å². The second-order valence-electron chi connectivity index (χ2n) is 8.78. The van der Waals surface area contributed by atoms with Gasteiger partial charge in [-0.25, -0.2) is 4.79 Å². The summed E-state index contributed by atoms with van der Waals surface area (Å²) in [5.41, 5.74) is 4.56. The third kappa shape index (κ3) is 6.37. The average Bonchev–Trinajstić information content (AvgIpc) is 3.16. The molecule has 0 aliphatic heterocycles. The van der Waals surface area contributed by atoms with E-state index in [1.807, 2.05) is 38.1 Å². The number of hydrogen-bond donors (Lipinski definition) is 3. The fourth-order valence-corrected chi connectivity index (χ4v) is 4.44. The predicted molar refractivity (Wildman–Crippen MR) is 131 cm³/mol. The SMILES string of the molecule is CCCC[C@H](NC(=O)OCC1c2ccccc2-c2ccccc21)C(=O)NCC(CC)CC(=O)O. The molecule has 7 heteroatoms. The molecular formula is C27H34N2O5. The lowest BCUT2D eigenvalue weighted by Gasteiger charge is -2.21. The van der Waals surface area contributed by atoms with Gasteiger partial charge in [-0.05, 0) is 34.6 Å². The quantitative estimate of drug-likeness (QED) is 0.421. The van der Waals surface area contributed by atoms with Crippen LogP contribution in [-0.4, -0.2) is 42.3 Å². The summed E-state index contributed by atoms with van der Waals surface area (Å²) in [6.07, 6.45) is 2.15. The van der Waals surface area contributed by atoms with Gasteiger partial charge in [0.25, 0.3) is 0 Å². The number of unbranched alkanes of at least 4 members (excludes halogenated alkanes) is 1. The average molecular weight is 467 g/mol. The summed E-state index contributed by atoms with van der Waals surface area (Å²) in [4.78, 5) is 36.4. The van der Waals surface area contributed by atoms with Crippen molar-refractivity contribution >= 4 is 18.0 Å². The number of rotatable bonds is 12. The van der Waals surface area contributed by atoms with Crippen LogP contribution in [0.1, 0.15) is 63.0 Å². The van der Waals surface area contributed by atoms with Crippen LogP contribution in [0.15, 0.2) is 48.5 Å². The van der Waals surface area contributed by atoms with Crippen molar-refractivity contribution < 1.29 is 24.2 Å². The number of carbonyl (C=O) groups is 3. The van der Waals surface area contributed by atoms with Gasteiger partial charge < -0.3 is 20.5 Å². The van der Waals surface area contributed by atoms with Gasteiger partial charge in [0.05, 0.1) is 0 Å². The number of amides is 2. The minimum Gasteiger partial charge on any atom is -0.481 e. The van der Waals surface area contributed by atoms with Crippen LogP contribution in [-0.2, 0) is 14.3 Å². The highest BCUT2D eigenvalue weighted by Crippen LogP contribution is 2.44. The molecular weight excluding hydrogens is 432 g/mol. The smallest absolute Gasteiger partial charge is 0.407 e. The molecule has 0 fully saturated rings. The van der Waals surface area contributed by atoms with Crippen LogP contribution in [0.5, 0.6) is 0 Å². The van der Waals surface area contributed by atoms with Gasteiger partial charge in [-0.15, -0.1) is 0 Å². The van der Waals surface area contributed by atoms with Crippen molar-refractivity contribution in [2.24, 2.45) is 5.92 Å². The molecule has 3 N–H and O–H groups in total. The molecule has 34 heavy (non-hydrogen) atoms. The number of carbonyl (C=O) groups excluding carboxylic acids is 2. The first-order valence-electron chi connectivity index (χ1n) is 12.1. The molecule has 0 saturated heterocycles. The molecule has 2 atom stereocenters. The molecule has 182 valence electrons. The highest BCUT2D eigenvalue weighted by molar-refractivity contribution is 5.85. The summed E-state index contributed by atoms with van der Waals surface area (Å²) < 4.78 is 5.59. The molecule has 2 amide bonds. The number of benzene rings is 2. The van der Waals surface area contributed by atoms with E-state index in [4.69, 9.17) is 9.84 Å². The number of aliphatic carboxylic acids is 1. The molecule has 0 aromatic heterocycles. The molecule has 0 heterocycles. The van der Waals surface area contributed by atoms with Crippen molar-refractivity contribution in [2.75, 3.05) is 13.2 Å². The van der Waals surface area contributed by atoms with Gasteiger partial charge >= 0.3 is 12.1 Å². The normalized spacial score (nSPS) is 13.9. The van der Waals surface area contributed by atoms with Crippen LogP contribution >= 0.6 is 0 Å². The number of ether oxygens (including phenoxy) is 1. The Bertz CT molecular complexity index is 961. The number of nitrogens with one attached hydrogen (secondary N) is 2. The van der Waals surface area contributed by atoms with Crippen molar-refractivity contribution in [3.63, 3.8) is 0 Å². The van der Waals surface area contributed by atoms with Crippen LogP contribution in [0, 0.1) is 5.92 Å². The van der Waals surface area contributed by atoms with Crippen LogP contribution in [0.3, 0.4) is 0 Å². The van der Waals surface area contributed by atoms with Gasteiger partial charge in [0.1, 0.15) is 12.6 Å². The minimum absolute atomic E-state index is 0.00376. The van der Waals surface area contributed by atoms with E-state index in [0.717, 1.165) is 35.1 Å². The lowest BCUT2D eigenvalue weighted by molar-refractivity contribution is -0.138. The molecule has 7 nitrogen and oxygen atoms in total. The second kappa shape index (κ2) is 12.2. The van der Waals surface area contributed by atoms with E-state index in [1.54, 1.807) is 0 Å². The number of fused-ring (bicyclic) bond motifs is 3. The molecule has 1 unspecified atom stereocenters. The van der Waals surface area contributed by atoms with E-state index >= 15 is 0 Å². The number of hydrogen-bond acceptors (Lipinski definition) is 4. The van der Waals surface area contributed by atoms with E-state index in [2.05, 4.69) is 34.9 Å². The van der Waals surface area contributed by atoms with Crippen LogP contribution < -0.4 is 10.6 Å². The zero-order valence-corrected chi connectivity index (χ0v) is 19.9. The summed E-state index contributed by atoms with van der Waals surface area (Å²) in [6.45, 7) is 4.35. The highest BCUT2D eigenvalue weighted by atomic mass is 16.5. The Morgan fingerprint density at radius 2 is 1.62 bits per heavy atom. The molecule has 3 rings (SSSR count). The molecule has 2 aromatic rings. The first kappa shape index (κ1) is 25.3. The Labute approximate surface area is 200 Å². The van der Waals surface area contributed by atoms with Crippen LogP contribution in [0.2, 0.25) is 0 Å². The fourth-order valence-electron chi connectivity index (χ4n) is 4.44. The maximum absolute atomic E-state index is 12.7. The van der Waals surface area contributed by atoms with E-state index in [-0.39, 0.29) is 37.3 Å². The highest BCUT2D eigenvalue weighted by Gasteiger charge is 2.29. The van der Waals surface area contributed by atoms with Gasteiger partial charge in [0.15, 0.2) is 0 Å². The first-order chi connectivity index (χ1) is 16.4.